The summed E-state index contributed by atoms with van der Waals surface area (Å²) in [4.78, 5) is 2.33. The molecule has 1 aromatic heterocycles. The zero-order chi connectivity index (χ0) is 10.3. The van der Waals surface area contributed by atoms with Crippen LogP contribution in [-0.4, -0.2) is 30.2 Å². The zero-order valence-electron chi connectivity index (χ0n) is 9.12. The molecule has 0 spiro atoms. The molecule has 4 nitrogen and oxygen atoms in total. The minimum absolute atomic E-state index is 0.410. The van der Waals surface area contributed by atoms with Crippen molar-refractivity contribution in [2.24, 2.45) is 0 Å². The molecule has 0 aromatic carbocycles. The lowest BCUT2D eigenvalue weighted by molar-refractivity contribution is 0.309. The normalized spacial score (nSPS) is 26.9. The van der Waals surface area contributed by atoms with Crippen molar-refractivity contribution in [3.8, 4) is 0 Å². The predicted octanol–water partition coefficient (Wildman–Crippen LogP) is 1.09. The Bertz CT molecular complexity index is 355. The number of likely N-dealkylation sites (N-methyl/N-ethyl adjacent to an activating group) is 1. The molecule has 15 heavy (non-hydrogen) atoms. The molecule has 1 fully saturated rings. The smallest absolute Gasteiger partial charge is 0.158 e. The maximum atomic E-state index is 5.51. The van der Waals surface area contributed by atoms with Crippen molar-refractivity contribution in [2.75, 3.05) is 20.1 Å². The third-order valence-electron chi connectivity index (χ3n) is 3.44. The summed E-state index contributed by atoms with van der Waals surface area (Å²) >= 11 is 0. The summed E-state index contributed by atoms with van der Waals surface area (Å²) in [6, 6.07) is 0.410. The summed E-state index contributed by atoms with van der Waals surface area (Å²) in [5.41, 5.74) is 2.51. The van der Waals surface area contributed by atoms with E-state index in [0.29, 0.717) is 6.04 Å². The molecule has 0 amide bonds. The topological polar surface area (TPSA) is 41.3 Å². The molecule has 82 valence electrons. The van der Waals surface area contributed by atoms with Gasteiger partial charge in [0.05, 0.1) is 11.7 Å². The third-order valence-corrected chi connectivity index (χ3v) is 3.44. The number of nitrogens with one attached hydrogen (secondary N) is 1. The molecule has 1 aromatic rings. The maximum absolute atomic E-state index is 5.51. The van der Waals surface area contributed by atoms with Gasteiger partial charge in [0.1, 0.15) is 0 Å². The van der Waals surface area contributed by atoms with E-state index >= 15 is 0 Å². The van der Waals surface area contributed by atoms with Gasteiger partial charge in [0, 0.05) is 25.1 Å². The molecule has 2 aliphatic heterocycles. The van der Waals surface area contributed by atoms with Crippen molar-refractivity contribution in [2.45, 2.75) is 31.8 Å². The molecular weight excluding hydrogens is 190 g/mol. The van der Waals surface area contributed by atoms with Gasteiger partial charge in [-0.2, -0.15) is 0 Å². The van der Waals surface area contributed by atoms with Gasteiger partial charge in [0.2, 0.25) is 0 Å². The molecule has 0 saturated carbocycles. The van der Waals surface area contributed by atoms with E-state index in [9.17, 15) is 0 Å². The first-order valence-corrected chi connectivity index (χ1v) is 5.74. The summed E-state index contributed by atoms with van der Waals surface area (Å²) < 4.78 is 5.51. The quantitative estimate of drug-likeness (QED) is 0.748. The van der Waals surface area contributed by atoms with Crippen LogP contribution in [0.3, 0.4) is 0 Å². The number of fused-ring (bicyclic) bond motifs is 1. The van der Waals surface area contributed by atoms with Crippen LogP contribution in [0.1, 0.15) is 35.9 Å². The molecule has 0 bridgehead atoms. The van der Waals surface area contributed by atoms with Gasteiger partial charge >= 0.3 is 0 Å². The Morgan fingerprint density at radius 3 is 3.27 bits per heavy atom. The maximum Gasteiger partial charge on any atom is 0.158 e. The van der Waals surface area contributed by atoms with E-state index in [2.05, 4.69) is 22.4 Å². The van der Waals surface area contributed by atoms with E-state index in [1.807, 2.05) is 0 Å². The fourth-order valence-electron chi connectivity index (χ4n) is 2.55. The van der Waals surface area contributed by atoms with E-state index in [4.69, 9.17) is 4.52 Å². The first kappa shape index (κ1) is 9.36. The Balaban J connectivity index is 1.92. The molecule has 0 radical (unpaired) electrons. The average molecular weight is 207 g/mol. The Morgan fingerprint density at radius 1 is 1.53 bits per heavy atom. The van der Waals surface area contributed by atoms with Gasteiger partial charge in [-0.05, 0) is 26.4 Å². The van der Waals surface area contributed by atoms with Crippen LogP contribution in [0.25, 0.3) is 0 Å². The summed E-state index contributed by atoms with van der Waals surface area (Å²) in [6.45, 7) is 3.19. The lowest BCUT2D eigenvalue weighted by atomic mass is 10.0. The number of rotatable bonds is 1. The SMILES string of the molecule is CN1CCc2noc(C3CCCN3)c2C1. The molecule has 0 aliphatic carbocycles. The number of hydrogen-bond acceptors (Lipinski definition) is 4. The van der Waals surface area contributed by atoms with Gasteiger partial charge in [-0.3, -0.25) is 0 Å². The second kappa shape index (κ2) is 3.61. The molecule has 3 rings (SSSR count). The van der Waals surface area contributed by atoms with Crippen molar-refractivity contribution in [3.05, 3.63) is 17.0 Å². The molecule has 1 saturated heterocycles. The lowest BCUT2D eigenvalue weighted by Crippen LogP contribution is -2.27. The van der Waals surface area contributed by atoms with E-state index < -0.39 is 0 Å². The molecular formula is C11H17N3O. The zero-order valence-corrected chi connectivity index (χ0v) is 9.12. The highest BCUT2D eigenvalue weighted by atomic mass is 16.5. The standard InChI is InChI=1S/C11H17N3O/c1-14-6-4-9-8(7-14)11(15-13-9)10-3-2-5-12-10/h10,12H,2-7H2,1H3. The summed E-state index contributed by atoms with van der Waals surface area (Å²) in [6.07, 6.45) is 3.46. The molecule has 2 aliphatic rings. The lowest BCUT2D eigenvalue weighted by Gasteiger charge is -2.22. The van der Waals surface area contributed by atoms with Gasteiger partial charge in [0.25, 0.3) is 0 Å². The molecule has 1 atom stereocenters. The van der Waals surface area contributed by atoms with E-state index in [1.54, 1.807) is 0 Å². The van der Waals surface area contributed by atoms with Gasteiger partial charge in [0.15, 0.2) is 5.76 Å². The van der Waals surface area contributed by atoms with E-state index in [-0.39, 0.29) is 0 Å². The van der Waals surface area contributed by atoms with Crippen LogP contribution in [0, 0.1) is 0 Å². The minimum Gasteiger partial charge on any atom is -0.359 e. The van der Waals surface area contributed by atoms with Gasteiger partial charge in [-0.1, -0.05) is 5.16 Å². The van der Waals surface area contributed by atoms with Crippen molar-refractivity contribution in [1.29, 1.82) is 0 Å². The Hall–Kier alpha value is -0.870. The summed E-state index contributed by atoms with van der Waals surface area (Å²) in [5, 5.41) is 7.67. The number of nitrogens with zero attached hydrogens (tertiary/aromatic N) is 2. The van der Waals surface area contributed by atoms with Crippen LogP contribution in [-0.2, 0) is 13.0 Å². The number of aromatic nitrogens is 1. The van der Waals surface area contributed by atoms with Gasteiger partial charge in [-0.25, -0.2) is 0 Å². The van der Waals surface area contributed by atoms with Crippen LogP contribution in [0.4, 0.5) is 0 Å². The molecule has 3 heterocycles. The van der Waals surface area contributed by atoms with Crippen LogP contribution in [0.2, 0.25) is 0 Å². The largest absolute Gasteiger partial charge is 0.359 e. The number of hydrogen-bond donors (Lipinski definition) is 1. The van der Waals surface area contributed by atoms with Crippen LogP contribution >= 0.6 is 0 Å². The van der Waals surface area contributed by atoms with E-state index in [0.717, 1.165) is 31.8 Å². The van der Waals surface area contributed by atoms with Crippen molar-refractivity contribution in [1.82, 2.24) is 15.4 Å². The Labute approximate surface area is 89.6 Å². The predicted molar refractivity (Wildman–Crippen MR) is 56.5 cm³/mol. The van der Waals surface area contributed by atoms with Crippen LogP contribution < -0.4 is 5.32 Å². The fraction of sp³-hybridized carbons (Fsp3) is 0.727. The summed E-state index contributed by atoms with van der Waals surface area (Å²) in [5.74, 6) is 1.09. The van der Waals surface area contributed by atoms with Crippen molar-refractivity contribution >= 4 is 0 Å². The monoisotopic (exact) mass is 207 g/mol. The van der Waals surface area contributed by atoms with E-state index in [1.165, 1.54) is 24.1 Å². The third kappa shape index (κ3) is 1.58. The first-order chi connectivity index (χ1) is 7.34. The van der Waals surface area contributed by atoms with Crippen LogP contribution in [0.5, 0.6) is 0 Å². The van der Waals surface area contributed by atoms with Crippen LogP contribution in [0.15, 0.2) is 4.52 Å². The second-order valence-electron chi connectivity index (χ2n) is 4.61. The first-order valence-electron chi connectivity index (χ1n) is 5.74. The minimum atomic E-state index is 0.410. The highest BCUT2D eigenvalue weighted by molar-refractivity contribution is 5.28. The Morgan fingerprint density at radius 2 is 2.47 bits per heavy atom. The molecule has 1 N–H and O–H groups in total. The summed E-state index contributed by atoms with van der Waals surface area (Å²) in [7, 11) is 2.15. The second-order valence-corrected chi connectivity index (χ2v) is 4.61. The van der Waals surface area contributed by atoms with Gasteiger partial charge < -0.3 is 14.7 Å². The highest BCUT2D eigenvalue weighted by Crippen LogP contribution is 2.30. The highest BCUT2D eigenvalue weighted by Gasteiger charge is 2.28. The van der Waals surface area contributed by atoms with Crippen molar-refractivity contribution < 1.29 is 4.52 Å². The van der Waals surface area contributed by atoms with Gasteiger partial charge in [-0.15, -0.1) is 0 Å². The average Bonchev–Trinajstić information content (AvgIpc) is 2.83. The molecule has 1 unspecified atom stereocenters. The molecule has 4 heteroatoms. The fourth-order valence-corrected chi connectivity index (χ4v) is 2.55. The Kier molecular flexibility index (Phi) is 2.25. The van der Waals surface area contributed by atoms with Crippen molar-refractivity contribution in [3.63, 3.8) is 0 Å².